The summed E-state index contributed by atoms with van der Waals surface area (Å²) in [5.74, 6) is -0.236. The van der Waals surface area contributed by atoms with Crippen molar-refractivity contribution < 1.29 is 13.9 Å². The van der Waals surface area contributed by atoms with Gasteiger partial charge in [0, 0.05) is 16.5 Å². The van der Waals surface area contributed by atoms with Gasteiger partial charge in [0.1, 0.15) is 22.9 Å². The van der Waals surface area contributed by atoms with Crippen LogP contribution in [0.1, 0.15) is 0 Å². The fourth-order valence-electron chi connectivity index (χ4n) is 1.85. The normalized spacial score (nSPS) is 11.0. The minimum absolute atomic E-state index is 0.115. The maximum atomic E-state index is 13.7. The van der Waals surface area contributed by atoms with Gasteiger partial charge in [-0.2, -0.15) is 0 Å². The molecule has 3 aromatic rings. The van der Waals surface area contributed by atoms with Crippen LogP contribution in [0.15, 0.2) is 46.9 Å². The molecule has 1 heterocycles. The molecule has 1 N–H and O–H groups in total. The molecule has 18 heavy (non-hydrogen) atoms. The van der Waals surface area contributed by atoms with Crippen molar-refractivity contribution in [2.75, 3.05) is 0 Å². The monoisotopic (exact) mass is 262 g/mol. The van der Waals surface area contributed by atoms with Crippen molar-refractivity contribution in [2.24, 2.45) is 0 Å². The fourth-order valence-corrected chi connectivity index (χ4v) is 2.03. The van der Waals surface area contributed by atoms with E-state index in [1.807, 2.05) is 0 Å². The summed E-state index contributed by atoms with van der Waals surface area (Å²) in [6.07, 6.45) is 0. The zero-order valence-corrected chi connectivity index (χ0v) is 9.91. The first kappa shape index (κ1) is 11.1. The number of fused-ring (bicyclic) bond motifs is 1. The third-order valence-electron chi connectivity index (χ3n) is 2.70. The standard InChI is InChI=1S/C14H8ClFO2/c15-9-1-4-13-8(5-9)6-14(18-13)11-3-2-10(17)7-12(11)16/h1-7,17H. The van der Waals surface area contributed by atoms with Gasteiger partial charge in [0.15, 0.2) is 0 Å². The molecule has 0 saturated heterocycles. The van der Waals surface area contributed by atoms with E-state index in [0.717, 1.165) is 11.5 Å². The van der Waals surface area contributed by atoms with Gasteiger partial charge in [0.25, 0.3) is 0 Å². The molecule has 0 unspecified atom stereocenters. The number of hydrogen-bond acceptors (Lipinski definition) is 2. The molecule has 2 aromatic carbocycles. The van der Waals surface area contributed by atoms with Crippen molar-refractivity contribution in [1.29, 1.82) is 0 Å². The molecule has 0 atom stereocenters. The number of benzene rings is 2. The predicted octanol–water partition coefficient (Wildman–Crippen LogP) is 4.60. The van der Waals surface area contributed by atoms with E-state index < -0.39 is 5.82 Å². The Bertz CT molecular complexity index is 734. The molecule has 0 spiro atoms. The van der Waals surface area contributed by atoms with E-state index in [4.69, 9.17) is 16.0 Å². The van der Waals surface area contributed by atoms with Crippen LogP contribution in [0.2, 0.25) is 5.02 Å². The molecule has 0 aliphatic rings. The fraction of sp³-hybridized carbons (Fsp3) is 0. The van der Waals surface area contributed by atoms with Crippen LogP contribution in [0.4, 0.5) is 4.39 Å². The van der Waals surface area contributed by atoms with Gasteiger partial charge in [-0.25, -0.2) is 4.39 Å². The Labute approximate surface area is 107 Å². The number of aromatic hydroxyl groups is 1. The first-order valence-corrected chi connectivity index (χ1v) is 5.69. The smallest absolute Gasteiger partial charge is 0.138 e. The van der Waals surface area contributed by atoms with E-state index in [1.54, 1.807) is 24.3 Å². The SMILES string of the molecule is Oc1ccc(-c2cc3cc(Cl)ccc3o2)c(F)c1. The average molecular weight is 263 g/mol. The topological polar surface area (TPSA) is 33.4 Å². The van der Waals surface area contributed by atoms with E-state index in [1.165, 1.54) is 12.1 Å². The number of halogens is 2. The molecular formula is C14H8ClFO2. The van der Waals surface area contributed by atoms with Gasteiger partial charge in [-0.15, -0.1) is 0 Å². The molecule has 0 aliphatic heterocycles. The van der Waals surface area contributed by atoms with Crippen molar-refractivity contribution in [3.05, 3.63) is 53.3 Å². The highest BCUT2D eigenvalue weighted by Crippen LogP contribution is 2.32. The third kappa shape index (κ3) is 1.83. The zero-order valence-electron chi connectivity index (χ0n) is 9.15. The summed E-state index contributed by atoms with van der Waals surface area (Å²) in [6, 6.07) is 10.9. The van der Waals surface area contributed by atoms with Crippen LogP contribution in [0.3, 0.4) is 0 Å². The van der Waals surface area contributed by atoms with Crippen LogP contribution in [0.5, 0.6) is 5.75 Å². The summed E-state index contributed by atoms with van der Waals surface area (Å²) in [6.45, 7) is 0. The molecule has 4 heteroatoms. The summed E-state index contributed by atoms with van der Waals surface area (Å²) in [4.78, 5) is 0. The zero-order chi connectivity index (χ0) is 12.7. The number of phenols is 1. The first-order chi connectivity index (χ1) is 8.63. The minimum Gasteiger partial charge on any atom is -0.508 e. The van der Waals surface area contributed by atoms with Gasteiger partial charge < -0.3 is 9.52 Å². The quantitative estimate of drug-likeness (QED) is 0.695. The summed E-state index contributed by atoms with van der Waals surface area (Å²) in [7, 11) is 0. The molecular weight excluding hydrogens is 255 g/mol. The Kier molecular flexibility index (Phi) is 2.49. The molecule has 2 nitrogen and oxygen atoms in total. The lowest BCUT2D eigenvalue weighted by Gasteiger charge is -1.99. The maximum Gasteiger partial charge on any atom is 0.138 e. The van der Waals surface area contributed by atoms with Gasteiger partial charge in [0.2, 0.25) is 0 Å². The highest BCUT2D eigenvalue weighted by atomic mass is 35.5. The van der Waals surface area contributed by atoms with Crippen LogP contribution in [0, 0.1) is 5.82 Å². The second-order valence-electron chi connectivity index (χ2n) is 3.96. The molecule has 0 radical (unpaired) electrons. The van der Waals surface area contributed by atoms with Crippen LogP contribution in [0.25, 0.3) is 22.3 Å². The molecule has 3 rings (SSSR count). The molecule has 0 aliphatic carbocycles. The van der Waals surface area contributed by atoms with E-state index in [2.05, 4.69) is 0 Å². The Morgan fingerprint density at radius 1 is 1.06 bits per heavy atom. The molecule has 90 valence electrons. The molecule has 0 fully saturated rings. The van der Waals surface area contributed by atoms with Gasteiger partial charge in [0.05, 0.1) is 5.56 Å². The molecule has 0 bridgehead atoms. The van der Waals surface area contributed by atoms with Gasteiger partial charge >= 0.3 is 0 Å². The summed E-state index contributed by atoms with van der Waals surface area (Å²) < 4.78 is 19.2. The lowest BCUT2D eigenvalue weighted by atomic mass is 10.1. The average Bonchev–Trinajstić information content (AvgIpc) is 2.71. The number of hydrogen-bond donors (Lipinski definition) is 1. The van der Waals surface area contributed by atoms with Crippen LogP contribution < -0.4 is 0 Å². The van der Waals surface area contributed by atoms with Crippen LogP contribution >= 0.6 is 11.6 Å². The second kappa shape index (κ2) is 4.03. The van der Waals surface area contributed by atoms with Crippen molar-refractivity contribution in [1.82, 2.24) is 0 Å². The second-order valence-corrected chi connectivity index (χ2v) is 4.39. The molecule has 0 saturated carbocycles. The van der Waals surface area contributed by atoms with E-state index in [9.17, 15) is 9.50 Å². The number of rotatable bonds is 1. The molecule has 1 aromatic heterocycles. The molecule has 0 amide bonds. The van der Waals surface area contributed by atoms with E-state index in [0.29, 0.717) is 21.9 Å². The Morgan fingerprint density at radius 3 is 2.67 bits per heavy atom. The van der Waals surface area contributed by atoms with Crippen molar-refractivity contribution in [3.63, 3.8) is 0 Å². The predicted molar refractivity (Wildman–Crippen MR) is 68.3 cm³/mol. The van der Waals surface area contributed by atoms with Crippen LogP contribution in [-0.2, 0) is 0 Å². The first-order valence-electron chi connectivity index (χ1n) is 5.31. The largest absolute Gasteiger partial charge is 0.508 e. The summed E-state index contributed by atoms with van der Waals surface area (Å²) in [5, 5.41) is 10.6. The van der Waals surface area contributed by atoms with Gasteiger partial charge in [-0.05, 0) is 36.4 Å². The Hall–Kier alpha value is -2.00. The third-order valence-corrected chi connectivity index (χ3v) is 2.93. The van der Waals surface area contributed by atoms with Crippen LogP contribution in [-0.4, -0.2) is 5.11 Å². The Morgan fingerprint density at radius 2 is 1.89 bits per heavy atom. The highest BCUT2D eigenvalue weighted by Gasteiger charge is 2.11. The Balaban J connectivity index is 2.19. The van der Waals surface area contributed by atoms with Gasteiger partial charge in [-0.1, -0.05) is 11.6 Å². The number of furan rings is 1. The summed E-state index contributed by atoms with van der Waals surface area (Å²) in [5.41, 5.74) is 0.946. The number of phenolic OH excluding ortho intramolecular Hbond substituents is 1. The van der Waals surface area contributed by atoms with Crippen molar-refractivity contribution in [3.8, 4) is 17.1 Å². The van der Waals surface area contributed by atoms with Crippen molar-refractivity contribution >= 4 is 22.6 Å². The van der Waals surface area contributed by atoms with Crippen molar-refractivity contribution in [2.45, 2.75) is 0 Å². The maximum absolute atomic E-state index is 13.7. The minimum atomic E-state index is -0.528. The lowest BCUT2D eigenvalue weighted by Crippen LogP contribution is -1.80. The summed E-state index contributed by atoms with van der Waals surface area (Å²) >= 11 is 5.88. The lowest BCUT2D eigenvalue weighted by molar-refractivity contribution is 0.469. The highest BCUT2D eigenvalue weighted by molar-refractivity contribution is 6.31. The van der Waals surface area contributed by atoms with Gasteiger partial charge in [-0.3, -0.25) is 0 Å². The van der Waals surface area contributed by atoms with E-state index >= 15 is 0 Å². The van der Waals surface area contributed by atoms with E-state index in [-0.39, 0.29) is 5.75 Å².